The molecule has 0 unspecified atom stereocenters. The molecule has 0 atom stereocenters. The first-order valence-electron chi connectivity index (χ1n) is 10.4. The fourth-order valence-corrected chi connectivity index (χ4v) is 5.02. The van der Waals surface area contributed by atoms with E-state index < -0.39 is 0 Å². The summed E-state index contributed by atoms with van der Waals surface area (Å²) in [6.45, 7) is 0. The quantitative estimate of drug-likeness (QED) is 0.362. The third kappa shape index (κ3) is 3.81. The lowest BCUT2D eigenvalue weighted by molar-refractivity contribution is 0.343. The van der Waals surface area contributed by atoms with E-state index in [2.05, 4.69) is 33.0 Å². The van der Waals surface area contributed by atoms with Crippen molar-refractivity contribution in [2.45, 2.75) is 49.1 Å². The Hall–Kier alpha value is -2.80. The van der Waals surface area contributed by atoms with Crippen LogP contribution in [0, 0.1) is 0 Å². The summed E-state index contributed by atoms with van der Waals surface area (Å²) in [4.78, 5) is 4.91. The van der Waals surface area contributed by atoms with Crippen LogP contribution in [0.1, 0.15) is 44.0 Å². The van der Waals surface area contributed by atoms with E-state index in [9.17, 15) is 0 Å². The molecule has 1 aliphatic rings. The average molecular weight is 421 g/mol. The summed E-state index contributed by atoms with van der Waals surface area (Å²) in [5.74, 6) is 2.52. The Bertz CT molecular complexity index is 1130. The Kier molecular flexibility index (Phi) is 5.45. The molecule has 1 aliphatic carbocycles. The lowest BCUT2D eigenvalue weighted by atomic mass is 9.95. The molecule has 6 nitrogen and oxygen atoms in total. The Morgan fingerprint density at radius 2 is 1.83 bits per heavy atom. The number of benzene rings is 2. The predicted molar refractivity (Wildman–Crippen MR) is 118 cm³/mol. The minimum Gasteiger partial charge on any atom is -0.497 e. The fraction of sp³-hybridized carbons (Fsp3) is 0.348. The van der Waals surface area contributed by atoms with E-state index in [4.69, 9.17) is 14.1 Å². The number of para-hydroxylation sites is 2. The summed E-state index contributed by atoms with van der Waals surface area (Å²) in [5.41, 5.74) is 3.15. The minimum atomic E-state index is 0.520. The van der Waals surface area contributed by atoms with Gasteiger partial charge >= 0.3 is 0 Å². The van der Waals surface area contributed by atoms with Gasteiger partial charge in [0.05, 0.1) is 23.9 Å². The van der Waals surface area contributed by atoms with Crippen molar-refractivity contribution in [3.8, 4) is 17.2 Å². The predicted octanol–water partition coefficient (Wildman–Crippen LogP) is 5.89. The van der Waals surface area contributed by atoms with Crippen LogP contribution in [0.2, 0.25) is 0 Å². The number of hydrogen-bond donors (Lipinski definition) is 0. The Morgan fingerprint density at radius 3 is 2.63 bits per heavy atom. The maximum atomic E-state index is 5.90. The van der Waals surface area contributed by atoms with Crippen LogP contribution >= 0.6 is 11.8 Å². The number of methoxy groups -OCH3 is 1. The first-order chi connectivity index (χ1) is 14.8. The number of aromatic nitrogens is 4. The van der Waals surface area contributed by atoms with E-state index in [0.29, 0.717) is 23.6 Å². The topological polar surface area (TPSA) is 66.0 Å². The monoisotopic (exact) mass is 420 g/mol. The zero-order chi connectivity index (χ0) is 20.3. The van der Waals surface area contributed by atoms with Crippen molar-refractivity contribution in [3.63, 3.8) is 0 Å². The van der Waals surface area contributed by atoms with Crippen LogP contribution in [0.5, 0.6) is 5.75 Å². The van der Waals surface area contributed by atoms with Crippen molar-refractivity contribution < 1.29 is 9.15 Å². The van der Waals surface area contributed by atoms with Crippen molar-refractivity contribution in [1.29, 1.82) is 0 Å². The van der Waals surface area contributed by atoms with E-state index in [0.717, 1.165) is 22.0 Å². The molecule has 0 bridgehead atoms. The highest BCUT2D eigenvalue weighted by Crippen LogP contribution is 2.36. The molecule has 2 heterocycles. The van der Waals surface area contributed by atoms with Gasteiger partial charge in [-0.3, -0.25) is 0 Å². The molecule has 154 valence electrons. The second-order valence-corrected chi connectivity index (χ2v) is 8.51. The summed E-state index contributed by atoms with van der Waals surface area (Å²) in [5, 5.41) is 9.49. The maximum Gasteiger partial charge on any atom is 0.247 e. The summed E-state index contributed by atoms with van der Waals surface area (Å²) >= 11 is 1.67. The van der Waals surface area contributed by atoms with Crippen molar-refractivity contribution >= 4 is 22.8 Å². The summed E-state index contributed by atoms with van der Waals surface area (Å²) < 4.78 is 13.5. The molecule has 0 spiro atoms. The average Bonchev–Trinajstić information content (AvgIpc) is 3.43. The summed E-state index contributed by atoms with van der Waals surface area (Å²) in [6.07, 6.45) is 6.35. The molecule has 0 saturated heterocycles. The van der Waals surface area contributed by atoms with Crippen molar-refractivity contribution in [2.75, 3.05) is 7.11 Å². The molecule has 1 saturated carbocycles. The summed E-state index contributed by atoms with van der Waals surface area (Å²) in [7, 11) is 1.65. The normalized spacial score (nSPS) is 15.0. The van der Waals surface area contributed by atoms with E-state index in [1.807, 2.05) is 30.3 Å². The smallest absolute Gasteiger partial charge is 0.247 e. The van der Waals surface area contributed by atoms with Gasteiger partial charge in [0, 0.05) is 11.6 Å². The van der Waals surface area contributed by atoms with Gasteiger partial charge in [-0.1, -0.05) is 43.2 Å². The third-order valence-corrected chi connectivity index (χ3v) is 6.57. The highest BCUT2D eigenvalue weighted by Gasteiger charge is 2.22. The Morgan fingerprint density at radius 1 is 1.03 bits per heavy atom. The van der Waals surface area contributed by atoms with Gasteiger partial charge < -0.3 is 13.7 Å². The van der Waals surface area contributed by atoms with Gasteiger partial charge in [0.15, 0.2) is 5.16 Å². The van der Waals surface area contributed by atoms with Crippen LogP contribution in [-0.4, -0.2) is 26.9 Å². The van der Waals surface area contributed by atoms with Crippen LogP contribution in [0.25, 0.3) is 22.5 Å². The molecule has 1 fully saturated rings. The molecule has 30 heavy (non-hydrogen) atoms. The lowest BCUT2D eigenvalue weighted by Gasteiger charge is -2.25. The van der Waals surface area contributed by atoms with Gasteiger partial charge in [0.2, 0.25) is 11.8 Å². The van der Waals surface area contributed by atoms with Gasteiger partial charge in [-0.05, 0) is 49.2 Å². The maximum absolute atomic E-state index is 5.90. The zero-order valence-corrected chi connectivity index (χ0v) is 17.8. The second-order valence-electron chi connectivity index (χ2n) is 7.56. The number of hydrogen-bond acceptors (Lipinski definition) is 6. The van der Waals surface area contributed by atoms with E-state index in [1.165, 1.54) is 37.6 Å². The van der Waals surface area contributed by atoms with Gasteiger partial charge in [-0.15, -0.1) is 10.2 Å². The van der Waals surface area contributed by atoms with Gasteiger partial charge in [-0.25, -0.2) is 4.98 Å². The van der Waals surface area contributed by atoms with Gasteiger partial charge in [0.1, 0.15) is 5.75 Å². The summed E-state index contributed by atoms with van der Waals surface area (Å²) in [6, 6.07) is 16.6. The number of rotatable bonds is 6. The Labute approximate surface area is 179 Å². The molecule has 0 amide bonds. The van der Waals surface area contributed by atoms with Gasteiger partial charge in [-0.2, -0.15) is 0 Å². The fourth-order valence-electron chi connectivity index (χ4n) is 4.10. The molecule has 0 aliphatic heterocycles. The number of thioether (sulfide) groups is 1. The molecule has 4 aromatic rings. The molecule has 7 heteroatoms. The van der Waals surface area contributed by atoms with Crippen LogP contribution in [0.15, 0.2) is 58.1 Å². The van der Waals surface area contributed by atoms with Crippen molar-refractivity contribution in [3.05, 3.63) is 54.4 Å². The number of ether oxygens (including phenoxy) is 1. The molecule has 2 aromatic heterocycles. The third-order valence-electron chi connectivity index (χ3n) is 5.63. The van der Waals surface area contributed by atoms with E-state index >= 15 is 0 Å². The molecule has 5 rings (SSSR count). The second kappa shape index (κ2) is 8.52. The first kappa shape index (κ1) is 19.2. The van der Waals surface area contributed by atoms with E-state index in [-0.39, 0.29) is 0 Å². The van der Waals surface area contributed by atoms with Crippen LogP contribution < -0.4 is 4.74 Å². The first-order valence-corrected chi connectivity index (χ1v) is 11.4. The SMILES string of the molecule is COc1ccc(-c2nnc(CSc3nc4ccccc4n3C3CCCCC3)o2)cc1. The minimum absolute atomic E-state index is 0.520. The van der Waals surface area contributed by atoms with Crippen LogP contribution in [0.3, 0.4) is 0 Å². The standard InChI is InChI=1S/C23H24N4O2S/c1-28-18-13-11-16(12-14-18)22-26-25-21(29-22)15-30-23-24-19-9-5-6-10-20(19)27(23)17-7-3-2-4-8-17/h5-6,9-14,17H,2-4,7-8,15H2,1H3. The number of imidazole rings is 1. The zero-order valence-electron chi connectivity index (χ0n) is 17.0. The highest BCUT2D eigenvalue weighted by atomic mass is 32.2. The highest BCUT2D eigenvalue weighted by molar-refractivity contribution is 7.98. The van der Waals surface area contributed by atoms with Crippen molar-refractivity contribution in [2.24, 2.45) is 0 Å². The molecule has 2 aromatic carbocycles. The van der Waals surface area contributed by atoms with Crippen LogP contribution in [0.4, 0.5) is 0 Å². The molecule has 0 N–H and O–H groups in total. The number of fused-ring (bicyclic) bond motifs is 1. The largest absolute Gasteiger partial charge is 0.497 e. The van der Waals surface area contributed by atoms with Gasteiger partial charge in [0.25, 0.3) is 0 Å². The van der Waals surface area contributed by atoms with Crippen LogP contribution in [-0.2, 0) is 5.75 Å². The van der Waals surface area contributed by atoms with E-state index in [1.54, 1.807) is 18.9 Å². The van der Waals surface area contributed by atoms with Crippen molar-refractivity contribution in [1.82, 2.24) is 19.7 Å². The number of nitrogens with zero attached hydrogens (tertiary/aromatic N) is 4. The molecular formula is C23H24N4O2S. The molecular weight excluding hydrogens is 396 g/mol. The lowest BCUT2D eigenvalue weighted by Crippen LogP contribution is -2.13. The molecule has 0 radical (unpaired) electrons. The Balaban J connectivity index is 1.37.